The summed E-state index contributed by atoms with van der Waals surface area (Å²) >= 11 is 3.34. The quantitative estimate of drug-likeness (QED) is 0.888. The lowest BCUT2D eigenvalue weighted by Gasteiger charge is -2.04. The molecule has 2 aromatic rings. The van der Waals surface area contributed by atoms with Gasteiger partial charge in [0.25, 0.3) is 0 Å². The molecule has 4 heteroatoms. The van der Waals surface area contributed by atoms with Gasteiger partial charge in [-0.15, -0.1) is 11.3 Å². The lowest BCUT2D eigenvalue weighted by atomic mass is 10.2. The first-order chi connectivity index (χ1) is 7.25. The van der Waals surface area contributed by atoms with Gasteiger partial charge in [-0.25, -0.2) is 4.98 Å². The number of aliphatic hydroxyl groups excluding tert-OH is 1. The summed E-state index contributed by atoms with van der Waals surface area (Å²) in [4.78, 5) is 4.28. The smallest absolute Gasteiger partial charge is 0.101 e. The minimum atomic E-state index is -0.446. The molecule has 0 saturated heterocycles. The Kier molecular flexibility index (Phi) is 3.41. The standard InChI is InChI=1S/C11H11NOS2/c1-8(13)9-4-5-10(12-7-9)15-11-3-2-6-14-11/h2-8,13H,1H3. The zero-order valence-electron chi connectivity index (χ0n) is 8.25. The molecule has 0 aliphatic heterocycles. The third kappa shape index (κ3) is 2.81. The monoisotopic (exact) mass is 237 g/mol. The van der Waals surface area contributed by atoms with Gasteiger partial charge in [0.05, 0.1) is 10.3 Å². The van der Waals surface area contributed by atoms with Crippen LogP contribution in [0.5, 0.6) is 0 Å². The molecule has 0 aliphatic carbocycles. The molecule has 78 valence electrons. The predicted octanol–water partition coefficient (Wildman–Crippen LogP) is 3.35. The molecular weight excluding hydrogens is 226 g/mol. The van der Waals surface area contributed by atoms with E-state index in [-0.39, 0.29) is 0 Å². The summed E-state index contributed by atoms with van der Waals surface area (Å²) < 4.78 is 1.23. The van der Waals surface area contributed by atoms with Crippen molar-refractivity contribution in [3.05, 3.63) is 41.4 Å². The highest BCUT2D eigenvalue weighted by Crippen LogP contribution is 2.30. The lowest BCUT2D eigenvalue weighted by molar-refractivity contribution is 0.198. The van der Waals surface area contributed by atoms with E-state index >= 15 is 0 Å². The van der Waals surface area contributed by atoms with Crippen molar-refractivity contribution < 1.29 is 5.11 Å². The minimum Gasteiger partial charge on any atom is -0.389 e. The summed E-state index contributed by atoms with van der Waals surface area (Å²) in [5, 5.41) is 12.3. The van der Waals surface area contributed by atoms with Gasteiger partial charge in [0.1, 0.15) is 5.03 Å². The Hall–Kier alpha value is -0.840. The number of thiophene rings is 1. The Bertz CT molecular complexity index is 409. The van der Waals surface area contributed by atoms with Gasteiger partial charge in [0.15, 0.2) is 0 Å². The van der Waals surface area contributed by atoms with Crippen LogP contribution in [0, 0.1) is 0 Å². The third-order valence-electron chi connectivity index (χ3n) is 1.94. The van der Waals surface area contributed by atoms with Crippen LogP contribution in [0.4, 0.5) is 0 Å². The molecule has 1 N–H and O–H groups in total. The van der Waals surface area contributed by atoms with E-state index in [4.69, 9.17) is 0 Å². The summed E-state index contributed by atoms with van der Waals surface area (Å²) in [6.45, 7) is 1.74. The second kappa shape index (κ2) is 4.79. The Morgan fingerprint density at radius 2 is 2.27 bits per heavy atom. The first-order valence-corrected chi connectivity index (χ1v) is 6.30. The van der Waals surface area contributed by atoms with E-state index in [0.717, 1.165) is 10.6 Å². The first kappa shape index (κ1) is 10.7. The zero-order valence-corrected chi connectivity index (χ0v) is 9.89. The highest BCUT2D eigenvalue weighted by atomic mass is 32.2. The second-order valence-corrected chi connectivity index (χ2v) is 5.41. The molecule has 1 atom stereocenters. The van der Waals surface area contributed by atoms with E-state index in [1.54, 1.807) is 36.2 Å². The zero-order chi connectivity index (χ0) is 10.7. The fraction of sp³-hybridized carbons (Fsp3) is 0.182. The molecule has 2 aromatic heterocycles. The fourth-order valence-electron chi connectivity index (χ4n) is 1.12. The van der Waals surface area contributed by atoms with Crippen molar-refractivity contribution in [2.45, 2.75) is 22.3 Å². The van der Waals surface area contributed by atoms with E-state index in [0.29, 0.717) is 0 Å². The molecule has 15 heavy (non-hydrogen) atoms. The van der Waals surface area contributed by atoms with Crippen LogP contribution in [0.25, 0.3) is 0 Å². The van der Waals surface area contributed by atoms with E-state index in [1.807, 2.05) is 23.6 Å². The summed E-state index contributed by atoms with van der Waals surface area (Å²) in [5.41, 5.74) is 0.852. The van der Waals surface area contributed by atoms with E-state index in [1.165, 1.54) is 4.21 Å². The lowest BCUT2D eigenvalue weighted by Crippen LogP contribution is -1.91. The van der Waals surface area contributed by atoms with Crippen molar-refractivity contribution in [3.8, 4) is 0 Å². The molecule has 2 rings (SSSR count). The number of pyridine rings is 1. The third-order valence-corrected chi connectivity index (χ3v) is 3.93. The van der Waals surface area contributed by atoms with Gasteiger partial charge in [-0.2, -0.15) is 0 Å². The molecule has 0 bridgehead atoms. The van der Waals surface area contributed by atoms with E-state index < -0.39 is 6.10 Å². The molecule has 0 saturated carbocycles. The highest BCUT2D eigenvalue weighted by Gasteiger charge is 2.03. The first-order valence-electron chi connectivity index (χ1n) is 4.61. The van der Waals surface area contributed by atoms with Crippen LogP contribution in [0.3, 0.4) is 0 Å². The van der Waals surface area contributed by atoms with Gasteiger partial charge in [-0.1, -0.05) is 23.9 Å². The summed E-state index contributed by atoms with van der Waals surface area (Å²) in [6, 6.07) is 7.94. The molecule has 1 unspecified atom stereocenters. The number of rotatable bonds is 3. The number of aromatic nitrogens is 1. The van der Waals surface area contributed by atoms with Gasteiger partial charge >= 0.3 is 0 Å². The molecule has 0 amide bonds. The Balaban J connectivity index is 2.11. The van der Waals surface area contributed by atoms with Gasteiger partial charge < -0.3 is 5.11 Å². The number of aliphatic hydroxyl groups is 1. The van der Waals surface area contributed by atoms with Crippen molar-refractivity contribution in [1.29, 1.82) is 0 Å². The minimum absolute atomic E-state index is 0.446. The molecule has 0 radical (unpaired) electrons. The fourth-order valence-corrected chi connectivity index (χ4v) is 2.78. The van der Waals surface area contributed by atoms with Gasteiger partial charge in [-0.05, 0) is 30.0 Å². The van der Waals surface area contributed by atoms with Gasteiger partial charge in [0.2, 0.25) is 0 Å². The molecule has 2 heterocycles. The predicted molar refractivity (Wildman–Crippen MR) is 63.3 cm³/mol. The Morgan fingerprint density at radius 3 is 2.80 bits per heavy atom. The highest BCUT2D eigenvalue weighted by molar-refractivity contribution is 8.01. The maximum Gasteiger partial charge on any atom is 0.101 e. The average molecular weight is 237 g/mol. The van der Waals surface area contributed by atoms with Crippen LogP contribution >= 0.6 is 23.1 Å². The van der Waals surface area contributed by atoms with Crippen LogP contribution in [0.1, 0.15) is 18.6 Å². The van der Waals surface area contributed by atoms with E-state index in [9.17, 15) is 5.11 Å². The second-order valence-electron chi connectivity index (χ2n) is 3.14. The van der Waals surface area contributed by atoms with Crippen LogP contribution in [-0.2, 0) is 0 Å². The average Bonchev–Trinajstić information content (AvgIpc) is 2.71. The number of nitrogens with zero attached hydrogens (tertiary/aromatic N) is 1. The normalized spacial score (nSPS) is 12.7. The largest absolute Gasteiger partial charge is 0.389 e. The topological polar surface area (TPSA) is 33.1 Å². The number of hydrogen-bond donors (Lipinski definition) is 1. The molecule has 2 nitrogen and oxygen atoms in total. The number of hydrogen-bond acceptors (Lipinski definition) is 4. The van der Waals surface area contributed by atoms with Crippen molar-refractivity contribution >= 4 is 23.1 Å². The maximum atomic E-state index is 9.33. The maximum absolute atomic E-state index is 9.33. The van der Waals surface area contributed by atoms with Crippen LogP contribution in [0.15, 0.2) is 45.1 Å². The summed E-state index contributed by atoms with van der Waals surface area (Å²) in [7, 11) is 0. The van der Waals surface area contributed by atoms with Crippen LogP contribution in [-0.4, -0.2) is 10.1 Å². The van der Waals surface area contributed by atoms with E-state index in [2.05, 4.69) is 11.1 Å². The van der Waals surface area contributed by atoms with Crippen LogP contribution < -0.4 is 0 Å². The Morgan fingerprint density at radius 1 is 1.40 bits per heavy atom. The molecular formula is C11H11NOS2. The van der Waals surface area contributed by atoms with Crippen molar-refractivity contribution in [2.24, 2.45) is 0 Å². The van der Waals surface area contributed by atoms with Gasteiger partial charge in [-0.3, -0.25) is 0 Å². The molecule has 0 spiro atoms. The summed E-state index contributed by atoms with van der Waals surface area (Å²) in [6.07, 6.45) is 1.28. The van der Waals surface area contributed by atoms with Crippen LogP contribution in [0.2, 0.25) is 0 Å². The molecule has 0 aromatic carbocycles. The van der Waals surface area contributed by atoms with Crippen molar-refractivity contribution in [3.63, 3.8) is 0 Å². The van der Waals surface area contributed by atoms with Crippen molar-refractivity contribution in [1.82, 2.24) is 4.98 Å². The van der Waals surface area contributed by atoms with Gasteiger partial charge in [0, 0.05) is 6.20 Å². The summed E-state index contributed by atoms with van der Waals surface area (Å²) in [5.74, 6) is 0. The Labute approximate surface area is 97.0 Å². The SMILES string of the molecule is CC(O)c1ccc(Sc2cccs2)nc1. The van der Waals surface area contributed by atoms with Crippen molar-refractivity contribution in [2.75, 3.05) is 0 Å². The molecule has 0 aliphatic rings. The molecule has 0 fully saturated rings.